The summed E-state index contributed by atoms with van der Waals surface area (Å²) >= 11 is 0. The number of nitrogens with one attached hydrogen (secondary N) is 2. The average Bonchev–Trinajstić information content (AvgIpc) is 3.16. The summed E-state index contributed by atoms with van der Waals surface area (Å²) in [6.45, 7) is 3.02. The van der Waals surface area contributed by atoms with E-state index in [0.29, 0.717) is 22.8 Å². The van der Waals surface area contributed by atoms with Gasteiger partial charge in [0.25, 0.3) is 5.91 Å². The van der Waals surface area contributed by atoms with Gasteiger partial charge < -0.3 is 25.0 Å². The minimum Gasteiger partial charge on any atom is -0.495 e. The summed E-state index contributed by atoms with van der Waals surface area (Å²) < 4.78 is 10.6. The van der Waals surface area contributed by atoms with Crippen molar-refractivity contribution >= 4 is 40.8 Å². The summed E-state index contributed by atoms with van der Waals surface area (Å²) in [5.41, 5.74) is 1.68. The van der Waals surface area contributed by atoms with Crippen LogP contribution in [-0.2, 0) is 23.9 Å². The standard InChI is InChI=1S/C23H25N3O6/c1-14(22(29)25-18-10-8-17(9-11-18)24-15(2)27)32-23(30)16-12-21(28)26(13-16)19-6-4-5-7-20(19)31-3/h4-11,14,16H,12-13H2,1-3H3,(H,24,27)(H,25,29)/t14-,16-/m1/s1. The highest BCUT2D eigenvalue weighted by molar-refractivity contribution is 6.01. The fourth-order valence-electron chi connectivity index (χ4n) is 3.36. The Labute approximate surface area is 185 Å². The minimum absolute atomic E-state index is 0.00414. The van der Waals surface area contributed by atoms with Crippen molar-refractivity contribution in [3.8, 4) is 5.75 Å². The number of nitrogens with zero attached hydrogens (tertiary/aromatic N) is 1. The number of carbonyl (C=O) groups excluding carboxylic acids is 4. The van der Waals surface area contributed by atoms with Crippen molar-refractivity contribution < 1.29 is 28.7 Å². The summed E-state index contributed by atoms with van der Waals surface area (Å²) in [6.07, 6.45) is -1.05. The van der Waals surface area contributed by atoms with E-state index < -0.39 is 23.9 Å². The molecule has 2 atom stereocenters. The second kappa shape index (κ2) is 9.95. The van der Waals surface area contributed by atoms with Crippen molar-refractivity contribution in [2.45, 2.75) is 26.4 Å². The molecule has 3 amide bonds. The number of para-hydroxylation sites is 2. The van der Waals surface area contributed by atoms with Crippen molar-refractivity contribution in [2.24, 2.45) is 5.92 Å². The lowest BCUT2D eigenvalue weighted by atomic mass is 10.1. The molecule has 2 aromatic rings. The van der Waals surface area contributed by atoms with E-state index in [1.807, 2.05) is 0 Å². The number of benzene rings is 2. The first-order valence-corrected chi connectivity index (χ1v) is 10.1. The van der Waals surface area contributed by atoms with Crippen LogP contribution in [0, 0.1) is 5.92 Å². The maximum atomic E-state index is 12.6. The molecule has 1 saturated heterocycles. The highest BCUT2D eigenvalue weighted by Gasteiger charge is 2.38. The Morgan fingerprint density at radius 2 is 1.66 bits per heavy atom. The number of hydrogen-bond acceptors (Lipinski definition) is 6. The zero-order valence-corrected chi connectivity index (χ0v) is 18.1. The molecule has 0 aliphatic carbocycles. The molecule has 32 heavy (non-hydrogen) atoms. The Morgan fingerprint density at radius 3 is 2.28 bits per heavy atom. The van der Waals surface area contributed by atoms with Gasteiger partial charge in [0.2, 0.25) is 11.8 Å². The smallest absolute Gasteiger partial charge is 0.312 e. The van der Waals surface area contributed by atoms with Gasteiger partial charge in [0.05, 0.1) is 18.7 Å². The van der Waals surface area contributed by atoms with Crippen LogP contribution >= 0.6 is 0 Å². The molecule has 0 spiro atoms. The molecule has 1 aliphatic heterocycles. The molecule has 0 radical (unpaired) electrons. The fraction of sp³-hybridized carbons (Fsp3) is 0.304. The maximum absolute atomic E-state index is 12.6. The number of methoxy groups -OCH3 is 1. The molecular weight excluding hydrogens is 414 g/mol. The van der Waals surface area contributed by atoms with Crippen molar-refractivity contribution in [3.05, 3.63) is 48.5 Å². The molecule has 0 bridgehead atoms. The Hall–Kier alpha value is -3.88. The largest absolute Gasteiger partial charge is 0.495 e. The topological polar surface area (TPSA) is 114 Å². The summed E-state index contributed by atoms with van der Waals surface area (Å²) in [7, 11) is 1.51. The van der Waals surface area contributed by atoms with Crippen LogP contribution in [0.25, 0.3) is 0 Å². The fourth-order valence-corrected chi connectivity index (χ4v) is 3.36. The summed E-state index contributed by atoms with van der Waals surface area (Å²) in [5.74, 6) is -1.67. The molecule has 0 aromatic heterocycles. The van der Waals surface area contributed by atoms with Gasteiger partial charge in [-0.25, -0.2) is 0 Å². The molecule has 9 heteroatoms. The molecule has 0 saturated carbocycles. The van der Waals surface area contributed by atoms with Crippen LogP contribution < -0.4 is 20.3 Å². The van der Waals surface area contributed by atoms with E-state index >= 15 is 0 Å². The lowest BCUT2D eigenvalue weighted by Gasteiger charge is -2.20. The van der Waals surface area contributed by atoms with E-state index in [-0.39, 0.29) is 24.8 Å². The summed E-state index contributed by atoms with van der Waals surface area (Å²) in [6, 6.07) is 13.6. The first-order valence-electron chi connectivity index (χ1n) is 10.1. The molecule has 9 nitrogen and oxygen atoms in total. The van der Waals surface area contributed by atoms with Crippen LogP contribution in [0.5, 0.6) is 5.75 Å². The van der Waals surface area contributed by atoms with Crippen molar-refractivity contribution in [1.29, 1.82) is 0 Å². The average molecular weight is 439 g/mol. The SMILES string of the molecule is COc1ccccc1N1C[C@H](C(=O)O[C@H](C)C(=O)Nc2ccc(NC(C)=O)cc2)CC1=O. The third-order valence-electron chi connectivity index (χ3n) is 4.97. The number of hydrogen-bond donors (Lipinski definition) is 2. The third-order valence-corrected chi connectivity index (χ3v) is 4.97. The number of rotatable bonds is 7. The lowest BCUT2D eigenvalue weighted by molar-refractivity contribution is -0.157. The Bertz CT molecular complexity index is 1020. The van der Waals surface area contributed by atoms with Gasteiger partial charge in [-0.2, -0.15) is 0 Å². The Kier molecular flexibility index (Phi) is 7.09. The van der Waals surface area contributed by atoms with Gasteiger partial charge >= 0.3 is 5.97 Å². The first kappa shape index (κ1) is 22.8. The normalized spacial score (nSPS) is 16.3. The second-order valence-corrected chi connectivity index (χ2v) is 7.40. The van der Waals surface area contributed by atoms with E-state index in [0.717, 1.165) is 0 Å². The van der Waals surface area contributed by atoms with Crippen LogP contribution in [0.4, 0.5) is 17.1 Å². The predicted molar refractivity (Wildman–Crippen MR) is 118 cm³/mol. The number of ether oxygens (including phenoxy) is 2. The van der Waals surface area contributed by atoms with Gasteiger partial charge in [0.15, 0.2) is 6.10 Å². The van der Waals surface area contributed by atoms with Gasteiger partial charge in [0, 0.05) is 31.3 Å². The summed E-state index contributed by atoms with van der Waals surface area (Å²) in [5, 5.41) is 5.29. The lowest BCUT2D eigenvalue weighted by Crippen LogP contribution is -2.33. The zero-order valence-electron chi connectivity index (χ0n) is 18.1. The molecule has 1 aliphatic rings. The van der Waals surface area contributed by atoms with E-state index in [1.165, 1.54) is 25.9 Å². The molecule has 1 heterocycles. The van der Waals surface area contributed by atoms with Gasteiger partial charge in [-0.3, -0.25) is 19.2 Å². The van der Waals surface area contributed by atoms with E-state index in [1.54, 1.807) is 48.5 Å². The maximum Gasteiger partial charge on any atom is 0.312 e. The quantitative estimate of drug-likeness (QED) is 0.641. The zero-order chi connectivity index (χ0) is 23.3. The van der Waals surface area contributed by atoms with Crippen molar-refractivity contribution in [3.63, 3.8) is 0 Å². The van der Waals surface area contributed by atoms with E-state index in [4.69, 9.17) is 9.47 Å². The number of carbonyl (C=O) groups is 4. The van der Waals surface area contributed by atoms with Crippen LogP contribution in [0.3, 0.4) is 0 Å². The molecule has 0 unspecified atom stereocenters. The molecule has 3 rings (SSSR count). The number of amides is 3. The van der Waals surface area contributed by atoms with Crippen LogP contribution in [0.2, 0.25) is 0 Å². The van der Waals surface area contributed by atoms with Crippen LogP contribution in [-0.4, -0.2) is 43.4 Å². The first-order chi connectivity index (χ1) is 15.3. The molecular formula is C23H25N3O6. The van der Waals surface area contributed by atoms with E-state index in [2.05, 4.69) is 10.6 Å². The molecule has 168 valence electrons. The van der Waals surface area contributed by atoms with Crippen molar-refractivity contribution in [2.75, 3.05) is 29.2 Å². The number of esters is 1. The Morgan fingerprint density at radius 1 is 1.03 bits per heavy atom. The van der Waals surface area contributed by atoms with Crippen LogP contribution in [0.15, 0.2) is 48.5 Å². The second-order valence-electron chi connectivity index (χ2n) is 7.40. The highest BCUT2D eigenvalue weighted by atomic mass is 16.5. The van der Waals surface area contributed by atoms with Gasteiger partial charge in [-0.05, 0) is 43.3 Å². The third kappa shape index (κ3) is 5.42. The van der Waals surface area contributed by atoms with Gasteiger partial charge in [-0.15, -0.1) is 0 Å². The van der Waals surface area contributed by atoms with Crippen LogP contribution in [0.1, 0.15) is 20.3 Å². The summed E-state index contributed by atoms with van der Waals surface area (Å²) in [4.78, 5) is 50.0. The monoisotopic (exact) mass is 439 g/mol. The number of anilines is 3. The minimum atomic E-state index is -1.05. The van der Waals surface area contributed by atoms with Gasteiger partial charge in [0.1, 0.15) is 5.75 Å². The highest BCUT2D eigenvalue weighted by Crippen LogP contribution is 2.33. The predicted octanol–water partition coefficient (Wildman–Crippen LogP) is 2.58. The molecule has 2 N–H and O–H groups in total. The van der Waals surface area contributed by atoms with E-state index in [9.17, 15) is 19.2 Å². The molecule has 2 aromatic carbocycles. The van der Waals surface area contributed by atoms with Gasteiger partial charge in [-0.1, -0.05) is 12.1 Å². The Balaban J connectivity index is 1.56. The molecule has 1 fully saturated rings. The van der Waals surface area contributed by atoms with Crippen molar-refractivity contribution in [1.82, 2.24) is 0 Å².